The van der Waals surface area contributed by atoms with E-state index in [4.69, 9.17) is 5.73 Å². The number of nitrogen functional groups attached to an aromatic ring is 1. The first kappa shape index (κ1) is 13.2. The van der Waals surface area contributed by atoms with Gasteiger partial charge in [0.25, 0.3) is 5.56 Å². The quantitative estimate of drug-likeness (QED) is 0.879. The Bertz CT molecular complexity index is 580. The fourth-order valence-electron chi connectivity index (χ4n) is 1.52. The highest BCUT2D eigenvalue weighted by atomic mass is 79.9. The Morgan fingerprint density at radius 1 is 1.17 bits per heavy atom. The average molecular weight is 325 g/mol. The number of hydrogen-bond acceptors (Lipinski definition) is 3. The van der Waals surface area contributed by atoms with Crippen molar-refractivity contribution in [2.75, 3.05) is 11.5 Å². The first-order chi connectivity index (χ1) is 8.65. The Balaban J connectivity index is 1.94. The Morgan fingerprint density at radius 2 is 1.89 bits per heavy atom. The number of hydrogen-bond donors (Lipinski definition) is 1. The summed E-state index contributed by atoms with van der Waals surface area (Å²) in [5, 5.41) is 0. The van der Waals surface area contributed by atoms with Crippen molar-refractivity contribution in [3.05, 3.63) is 57.4 Å². The minimum absolute atomic E-state index is 0.0133. The summed E-state index contributed by atoms with van der Waals surface area (Å²) in [6, 6.07) is 11.2. The lowest BCUT2D eigenvalue weighted by Gasteiger charge is -2.06. The highest BCUT2D eigenvalue weighted by Crippen LogP contribution is 2.20. The minimum atomic E-state index is -0.0133. The van der Waals surface area contributed by atoms with Gasteiger partial charge in [-0.25, -0.2) is 0 Å². The summed E-state index contributed by atoms with van der Waals surface area (Å²) in [4.78, 5) is 12.7. The van der Waals surface area contributed by atoms with Crippen LogP contribution in [0.25, 0.3) is 0 Å². The summed E-state index contributed by atoms with van der Waals surface area (Å²) in [5.74, 6) is 0.838. The molecule has 0 fully saturated rings. The van der Waals surface area contributed by atoms with Crippen molar-refractivity contribution in [1.82, 2.24) is 4.57 Å². The molecule has 2 aromatic rings. The highest BCUT2D eigenvalue weighted by molar-refractivity contribution is 9.10. The second-order valence-electron chi connectivity index (χ2n) is 3.80. The molecule has 18 heavy (non-hydrogen) atoms. The third-order valence-corrected chi connectivity index (χ3v) is 3.94. The number of pyridine rings is 1. The third kappa shape index (κ3) is 3.65. The average Bonchev–Trinajstić information content (AvgIpc) is 2.36. The lowest BCUT2D eigenvalue weighted by atomic mass is 10.4. The maximum atomic E-state index is 11.6. The van der Waals surface area contributed by atoms with Crippen LogP contribution >= 0.6 is 27.7 Å². The Hall–Kier alpha value is -1.20. The maximum Gasteiger partial charge on any atom is 0.250 e. The molecule has 0 atom stereocenters. The van der Waals surface area contributed by atoms with Gasteiger partial charge in [0, 0.05) is 39.6 Å². The van der Waals surface area contributed by atoms with E-state index in [-0.39, 0.29) is 5.56 Å². The second kappa shape index (κ2) is 6.11. The molecule has 0 radical (unpaired) electrons. The smallest absolute Gasteiger partial charge is 0.250 e. The monoisotopic (exact) mass is 324 g/mol. The second-order valence-corrected chi connectivity index (χ2v) is 5.88. The van der Waals surface area contributed by atoms with E-state index in [2.05, 4.69) is 28.1 Å². The van der Waals surface area contributed by atoms with Crippen LogP contribution in [0, 0.1) is 0 Å². The summed E-state index contributed by atoms with van der Waals surface area (Å²) < 4.78 is 2.71. The van der Waals surface area contributed by atoms with Crippen molar-refractivity contribution >= 4 is 33.4 Å². The number of nitrogens with zero attached hydrogens (tertiary/aromatic N) is 1. The lowest BCUT2D eigenvalue weighted by molar-refractivity contribution is 0.737. The van der Waals surface area contributed by atoms with E-state index in [9.17, 15) is 4.79 Å². The van der Waals surface area contributed by atoms with Gasteiger partial charge >= 0.3 is 0 Å². The number of nitrogens with two attached hydrogens (primary N) is 1. The molecule has 1 aromatic heterocycles. The molecule has 0 amide bonds. The van der Waals surface area contributed by atoms with Crippen LogP contribution in [-0.2, 0) is 6.54 Å². The van der Waals surface area contributed by atoms with Crippen molar-refractivity contribution in [1.29, 1.82) is 0 Å². The van der Waals surface area contributed by atoms with Crippen LogP contribution in [0.1, 0.15) is 0 Å². The number of aryl methyl sites for hydroxylation is 1. The summed E-state index contributed by atoms with van der Waals surface area (Å²) in [7, 11) is 0. The fraction of sp³-hybridized carbons (Fsp3) is 0.154. The molecule has 1 heterocycles. The van der Waals surface area contributed by atoms with Crippen LogP contribution in [0.2, 0.25) is 0 Å². The molecule has 0 saturated heterocycles. The summed E-state index contributed by atoms with van der Waals surface area (Å²) in [5.41, 5.74) is 6.26. The van der Waals surface area contributed by atoms with Crippen molar-refractivity contribution in [3.63, 3.8) is 0 Å². The molecule has 3 nitrogen and oxygen atoms in total. The van der Waals surface area contributed by atoms with Crippen LogP contribution in [0.15, 0.2) is 56.8 Å². The van der Waals surface area contributed by atoms with E-state index in [1.54, 1.807) is 28.6 Å². The van der Waals surface area contributed by atoms with Gasteiger partial charge in [0.1, 0.15) is 0 Å². The lowest BCUT2D eigenvalue weighted by Crippen LogP contribution is -2.19. The first-order valence-electron chi connectivity index (χ1n) is 5.49. The largest absolute Gasteiger partial charge is 0.398 e. The van der Waals surface area contributed by atoms with Gasteiger partial charge in [0.15, 0.2) is 0 Å². The van der Waals surface area contributed by atoms with Gasteiger partial charge < -0.3 is 10.3 Å². The molecule has 0 spiro atoms. The van der Waals surface area contributed by atoms with E-state index in [0.29, 0.717) is 12.2 Å². The van der Waals surface area contributed by atoms with Crippen molar-refractivity contribution < 1.29 is 0 Å². The van der Waals surface area contributed by atoms with Crippen molar-refractivity contribution in [3.8, 4) is 0 Å². The zero-order chi connectivity index (χ0) is 13.0. The van der Waals surface area contributed by atoms with Gasteiger partial charge in [-0.05, 0) is 30.3 Å². The number of aromatic nitrogens is 1. The number of halogens is 1. The summed E-state index contributed by atoms with van der Waals surface area (Å²) in [6.07, 6.45) is 1.68. The summed E-state index contributed by atoms with van der Waals surface area (Å²) >= 11 is 5.12. The zero-order valence-corrected chi connectivity index (χ0v) is 12.1. The normalized spacial score (nSPS) is 10.5. The molecular weight excluding hydrogens is 312 g/mol. The van der Waals surface area contributed by atoms with E-state index in [1.807, 2.05) is 12.1 Å². The van der Waals surface area contributed by atoms with Crippen LogP contribution in [-0.4, -0.2) is 10.3 Å². The van der Waals surface area contributed by atoms with E-state index < -0.39 is 0 Å². The van der Waals surface area contributed by atoms with Crippen LogP contribution in [0.5, 0.6) is 0 Å². The number of thioether (sulfide) groups is 1. The van der Waals surface area contributed by atoms with Crippen LogP contribution < -0.4 is 11.3 Å². The van der Waals surface area contributed by atoms with Gasteiger partial charge in [0.05, 0.1) is 0 Å². The molecule has 94 valence electrons. The molecule has 1 aromatic carbocycles. The molecule has 5 heteroatoms. The van der Waals surface area contributed by atoms with Gasteiger partial charge in [-0.2, -0.15) is 0 Å². The number of benzene rings is 1. The molecule has 0 aliphatic heterocycles. The van der Waals surface area contributed by atoms with Gasteiger partial charge in [0.2, 0.25) is 0 Å². The summed E-state index contributed by atoms with van der Waals surface area (Å²) in [6.45, 7) is 0.657. The van der Waals surface area contributed by atoms with Crippen molar-refractivity contribution in [2.24, 2.45) is 0 Å². The predicted molar refractivity (Wildman–Crippen MR) is 80.0 cm³/mol. The molecule has 0 bridgehead atoms. The third-order valence-electron chi connectivity index (χ3n) is 2.42. The Morgan fingerprint density at radius 3 is 2.61 bits per heavy atom. The van der Waals surface area contributed by atoms with Crippen LogP contribution in [0.3, 0.4) is 0 Å². The molecular formula is C13H13BrN2OS. The highest BCUT2D eigenvalue weighted by Gasteiger charge is 1.98. The predicted octanol–water partition coefficient (Wildman–Crippen LogP) is 2.99. The van der Waals surface area contributed by atoms with E-state index in [1.165, 1.54) is 11.0 Å². The Labute approximate surface area is 118 Å². The Kier molecular flexibility index (Phi) is 4.49. The van der Waals surface area contributed by atoms with Gasteiger partial charge in [-0.1, -0.05) is 15.9 Å². The molecule has 2 rings (SSSR count). The number of rotatable bonds is 4. The fourth-order valence-corrected chi connectivity index (χ4v) is 2.63. The molecule has 2 N–H and O–H groups in total. The molecule has 0 aliphatic carbocycles. The van der Waals surface area contributed by atoms with E-state index >= 15 is 0 Å². The van der Waals surface area contributed by atoms with E-state index in [0.717, 1.165) is 10.2 Å². The minimum Gasteiger partial charge on any atom is -0.398 e. The van der Waals surface area contributed by atoms with Crippen LogP contribution in [0.4, 0.5) is 5.69 Å². The molecule has 0 saturated carbocycles. The molecule has 0 unspecified atom stereocenters. The van der Waals surface area contributed by atoms with Gasteiger partial charge in [-0.15, -0.1) is 11.8 Å². The number of anilines is 1. The van der Waals surface area contributed by atoms with Crippen molar-refractivity contribution in [2.45, 2.75) is 11.4 Å². The topological polar surface area (TPSA) is 48.0 Å². The SMILES string of the molecule is Nc1ccc(=O)n(CCSc2ccc(Br)cc2)c1. The molecule has 0 aliphatic rings. The zero-order valence-electron chi connectivity index (χ0n) is 9.67. The standard InChI is InChI=1S/C13H13BrN2OS/c14-10-1-4-12(5-2-10)18-8-7-16-9-11(15)3-6-13(16)17/h1-6,9H,7-8,15H2. The maximum absolute atomic E-state index is 11.6. The van der Waals surface area contributed by atoms with Gasteiger partial charge in [-0.3, -0.25) is 4.79 Å². The first-order valence-corrected chi connectivity index (χ1v) is 7.27.